The molecule has 0 aliphatic carbocycles. The van der Waals surface area contributed by atoms with Gasteiger partial charge in [0.2, 0.25) is 0 Å². The van der Waals surface area contributed by atoms with Gasteiger partial charge in [0.05, 0.1) is 5.56 Å². The summed E-state index contributed by atoms with van der Waals surface area (Å²) in [6.07, 6.45) is 0. The molecule has 0 saturated heterocycles. The van der Waals surface area contributed by atoms with Gasteiger partial charge < -0.3 is 18.4 Å². The number of esters is 1. The second kappa shape index (κ2) is 7.34. The molecule has 130 valence electrons. The number of halogens is 5. The first-order chi connectivity index (χ1) is 10.6. The molecule has 0 atom stereocenters. The molecule has 0 unspecified atom stereocenters. The van der Waals surface area contributed by atoms with E-state index in [0.29, 0.717) is 12.1 Å². The van der Waals surface area contributed by atoms with Gasteiger partial charge >= 0.3 is 20.5 Å². The highest BCUT2D eigenvalue weighted by Gasteiger charge is 2.66. The number of carbonyl (C=O) groups is 1. The Bertz CT molecular complexity index is 577. The first-order valence-corrected chi connectivity index (χ1v) is 8.11. The Labute approximate surface area is 128 Å². The van der Waals surface area contributed by atoms with E-state index >= 15 is 0 Å². The molecular weight excluding hydrogens is 347 g/mol. The lowest BCUT2D eigenvalue weighted by Gasteiger charge is -2.29. The summed E-state index contributed by atoms with van der Waals surface area (Å²) in [5.74, 6) is -7.65. The third-order valence-corrected chi connectivity index (χ3v) is 4.72. The van der Waals surface area contributed by atoms with Crippen LogP contribution in [0.4, 0.5) is 22.0 Å². The van der Waals surface area contributed by atoms with Crippen LogP contribution in [0.2, 0.25) is 0 Å². The van der Waals surface area contributed by atoms with Crippen LogP contribution in [0.3, 0.4) is 0 Å². The molecule has 5 nitrogen and oxygen atoms in total. The largest absolute Gasteiger partial charge is 0.625 e. The molecule has 0 amide bonds. The van der Waals surface area contributed by atoms with Crippen molar-refractivity contribution < 1.29 is 45.1 Å². The van der Waals surface area contributed by atoms with Crippen LogP contribution in [0.5, 0.6) is 0 Å². The predicted molar refractivity (Wildman–Crippen MR) is 67.9 cm³/mol. The van der Waals surface area contributed by atoms with Gasteiger partial charge in [0.1, 0.15) is 0 Å². The zero-order valence-electron chi connectivity index (χ0n) is 12.0. The number of benzene rings is 1. The molecular formula is C12H13F5O5Si. The summed E-state index contributed by atoms with van der Waals surface area (Å²) in [7, 11) is -5.28. The van der Waals surface area contributed by atoms with Crippen molar-refractivity contribution in [3.05, 3.63) is 35.1 Å². The standard InChI is InChI=1S/C12H13F5O5Si/c1-3-20-23(19,21-4-2)12(16,17)22-11(18)7-5-6-8(13)10(15)9(7)14/h5-6,19H,3-4H2,1-2H3. The van der Waals surface area contributed by atoms with Crippen molar-refractivity contribution in [3.63, 3.8) is 0 Å². The molecule has 0 aromatic heterocycles. The topological polar surface area (TPSA) is 65.0 Å². The molecule has 1 aromatic rings. The van der Waals surface area contributed by atoms with E-state index in [1.165, 1.54) is 13.8 Å². The molecule has 11 heteroatoms. The second-order valence-corrected chi connectivity index (χ2v) is 6.40. The maximum absolute atomic E-state index is 13.9. The van der Waals surface area contributed by atoms with E-state index in [0.717, 1.165) is 0 Å². The van der Waals surface area contributed by atoms with Crippen LogP contribution < -0.4 is 0 Å². The first kappa shape index (κ1) is 19.5. The van der Waals surface area contributed by atoms with Crippen LogP contribution in [-0.2, 0) is 13.6 Å². The second-order valence-electron chi connectivity index (χ2n) is 4.08. The van der Waals surface area contributed by atoms with Crippen molar-refractivity contribution in [2.75, 3.05) is 13.2 Å². The summed E-state index contributed by atoms with van der Waals surface area (Å²) in [5.41, 5.74) is -5.89. The Morgan fingerprint density at radius 1 is 1.13 bits per heavy atom. The molecule has 0 radical (unpaired) electrons. The minimum absolute atomic E-state index is 0.363. The highest BCUT2D eigenvalue weighted by Crippen LogP contribution is 2.30. The predicted octanol–water partition coefficient (Wildman–Crippen LogP) is 2.40. The molecule has 1 rings (SSSR count). The summed E-state index contributed by atoms with van der Waals surface area (Å²) >= 11 is 0. The number of rotatable bonds is 7. The van der Waals surface area contributed by atoms with Crippen LogP contribution in [-0.4, -0.2) is 38.5 Å². The molecule has 0 bridgehead atoms. The minimum atomic E-state index is -5.28. The molecule has 0 saturated carbocycles. The quantitative estimate of drug-likeness (QED) is 0.350. The Kier molecular flexibility index (Phi) is 6.22. The van der Waals surface area contributed by atoms with Gasteiger partial charge in [-0.05, 0) is 26.0 Å². The number of carbonyl (C=O) groups excluding carboxylic acids is 1. The van der Waals surface area contributed by atoms with E-state index in [1.54, 1.807) is 0 Å². The van der Waals surface area contributed by atoms with Crippen LogP contribution in [0.25, 0.3) is 0 Å². The van der Waals surface area contributed by atoms with Crippen LogP contribution in [0.1, 0.15) is 24.2 Å². The molecule has 0 spiro atoms. The van der Waals surface area contributed by atoms with Crippen molar-refractivity contribution in [2.45, 2.75) is 19.6 Å². The van der Waals surface area contributed by atoms with Crippen molar-refractivity contribution in [3.8, 4) is 0 Å². The smallest absolute Gasteiger partial charge is 0.394 e. The number of ether oxygens (including phenoxy) is 1. The normalized spacial score (nSPS) is 12.3. The third kappa shape index (κ3) is 4.05. The molecule has 0 heterocycles. The van der Waals surface area contributed by atoms with Crippen molar-refractivity contribution >= 4 is 14.8 Å². The van der Waals surface area contributed by atoms with Crippen molar-refractivity contribution in [1.29, 1.82) is 0 Å². The van der Waals surface area contributed by atoms with Gasteiger partial charge in [-0.15, -0.1) is 0 Å². The van der Waals surface area contributed by atoms with Gasteiger partial charge in [-0.3, -0.25) is 0 Å². The molecule has 0 aliphatic heterocycles. The van der Waals surface area contributed by atoms with Gasteiger partial charge in [0, 0.05) is 13.2 Å². The van der Waals surface area contributed by atoms with Crippen LogP contribution in [0, 0.1) is 17.5 Å². The summed E-state index contributed by atoms with van der Waals surface area (Å²) in [4.78, 5) is 21.3. The van der Waals surface area contributed by atoms with Gasteiger partial charge in [-0.2, -0.15) is 8.78 Å². The maximum Gasteiger partial charge on any atom is 0.625 e. The molecule has 23 heavy (non-hydrogen) atoms. The highest BCUT2D eigenvalue weighted by molar-refractivity contribution is 6.61. The molecule has 0 aliphatic rings. The Morgan fingerprint density at radius 2 is 1.65 bits per heavy atom. The average Bonchev–Trinajstić information content (AvgIpc) is 2.44. The fraction of sp³-hybridized carbons (Fsp3) is 0.417. The van der Waals surface area contributed by atoms with Gasteiger partial charge in [-0.25, -0.2) is 18.0 Å². The fourth-order valence-electron chi connectivity index (χ4n) is 1.52. The Morgan fingerprint density at radius 3 is 2.13 bits per heavy atom. The number of alkyl halides is 2. The summed E-state index contributed by atoms with van der Waals surface area (Å²) in [6, 6.07) is 0.788. The van der Waals surface area contributed by atoms with Crippen LogP contribution >= 0.6 is 0 Å². The fourth-order valence-corrected chi connectivity index (χ4v) is 2.94. The van der Waals surface area contributed by atoms with E-state index < -0.39 is 43.5 Å². The lowest BCUT2D eigenvalue weighted by Crippen LogP contribution is -2.60. The van der Waals surface area contributed by atoms with Crippen LogP contribution in [0.15, 0.2) is 12.1 Å². The highest BCUT2D eigenvalue weighted by atomic mass is 28.4. The van der Waals surface area contributed by atoms with E-state index in [9.17, 15) is 31.5 Å². The Hall–Kier alpha value is -1.56. The monoisotopic (exact) mass is 360 g/mol. The molecule has 0 fully saturated rings. The maximum atomic E-state index is 13.9. The number of hydrogen-bond donors (Lipinski definition) is 1. The van der Waals surface area contributed by atoms with E-state index in [2.05, 4.69) is 13.6 Å². The average molecular weight is 360 g/mol. The lowest BCUT2D eigenvalue weighted by molar-refractivity contribution is -0.186. The van der Waals surface area contributed by atoms with E-state index in [-0.39, 0.29) is 13.2 Å². The lowest BCUT2D eigenvalue weighted by atomic mass is 10.2. The van der Waals surface area contributed by atoms with E-state index in [1.807, 2.05) is 0 Å². The Balaban J connectivity index is 3.09. The van der Waals surface area contributed by atoms with Crippen molar-refractivity contribution in [1.82, 2.24) is 0 Å². The van der Waals surface area contributed by atoms with E-state index in [4.69, 9.17) is 0 Å². The third-order valence-electron chi connectivity index (χ3n) is 2.52. The van der Waals surface area contributed by atoms with Crippen molar-refractivity contribution in [2.24, 2.45) is 0 Å². The SMILES string of the molecule is CCO[Si](O)(OCC)C(F)(F)OC(=O)c1ccc(F)c(F)c1F. The minimum Gasteiger partial charge on any atom is -0.394 e. The first-order valence-electron chi connectivity index (χ1n) is 6.34. The van der Waals surface area contributed by atoms with Gasteiger partial charge in [-0.1, -0.05) is 0 Å². The van der Waals surface area contributed by atoms with Gasteiger partial charge in [0.25, 0.3) is 0 Å². The molecule has 1 aromatic carbocycles. The zero-order chi connectivity index (χ0) is 17.8. The van der Waals surface area contributed by atoms with Gasteiger partial charge in [0.15, 0.2) is 17.5 Å². The summed E-state index contributed by atoms with van der Waals surface area (Å²) < 4.78 is 79.7. The zero-order valence-corrected chi connectivity index (χ0v) is 13.0. The summed E-state index contributed by atoms with van der Waals surface area (Å²) in [5, 5.41) is 0. The summed E-state index contributed by atoms with van der Waals surface area (Å²) in [6.45, 7) is 1.80. The number of hydrogen-bond acceptors (Lipinski definition) is 5. The molecule has 1 N–H and O–H groups in total.